The van der Waals surface area contributed by atoms with Gasteiger partial charge in [-0.05, 0) is 18.2 Å². The molecule has 0 aliphatic heterocycles. The molecule has 2 rings (SSSR count). The third-order valence-electron chi connectivity index (χ3n) is 1.79. The van der Waals surface area contributed by atoms with Crippen molar-refractivity contribution in [3.8, 4) is 0 Å². The average molecular weight is 294 g/mol. The Hall–Kier alpha value is -0.620. The summed E-state index contributed by atoms with van der Waals surface area (Å²) in [6, 6.07) is 4.18. The van der Waals surface area contributed by atoms with Crippen LogP contribution in [0.2, 0.25) is 10.0 Å². The Morgan fingerprint density at radius 3 is 2.25 bits per heavy atom. The van der Waals surface area contributed by atoms with Crippen LogP contribution in [0, 0.1) is 0 Å². The van der Waals surface area contributed by atoms with E-state index < -0.39 is 9.84 Å². The van der Waals surface area contributed by atoms with Gasteiger partial charge < -0.3 is 0 Å². The molecule has 0 saturated heterocycles. The van der Waals surface area contributed by atoms with Gasteiger partial charge in [-0.25, -0.2) is 13.4 Å². The Labute approximate surface area is 107 Å². The highest BCUT2D eigenvalue weighted by molar-refractivity contribution is 7.93. The molecule has 0 saturated carbocycles. The molecule has 0 atom stereocenters. The molecule has 0 unspecified atom stereocenters. The Morgan fingerprint density at radius 1 is 1.12 bits per heavy atom. The lowest BCUT2D eigenvalue weighted by atomic mass is 10.4. The second-order valence-electron chi connectivity index (χ2n) is 2.91. The molecule has 0 aliphatic carbocycles. The van der Waals surface area contributed by atoms with E-state index in [9.17, 15) is 8.42 Å². The van der Waals surface area contributed by atoms with Gasteiger partial charge in [0.1, 0.15) is 0 Å². The van der Waals surface area contributed by atoms with E-state index in [0.29, 0.717) is 0 Å². The average Bonchev–Trinajstić information content (AvgIpc) is 2.69. The number of hydrogen-bond acceptors (Lipinski definition) is 4. The molecule has 2 aromatic rings. The monoisotopic (exact) mass is 293 g/mol. The van der Waals surface area contributed by atoms with Gasteiger partial charge in [0, 0.05) is 21.6 Å². The number of halogens is 2. The first-order valence-corrected chi connectivity index (χ1v) is 7.23. The lowest BCUT2D eigenvalue weighted by Gasteiger charge is -2.02. The number of sulfone groups is 1. The van der Waals surface area contributed by atoms with Crippen LogP contribution in [0.4, 0.5) is 0 Å². The van der Waals surface area contributed by atoms with Crippen molar-refractivity contribution in [2.75, 3.05) is 0 Å². The maximum atomic E-state index is 12.0. The van der Waals surface area contributed by atoms with E-state index in [1.165, 1.54) is 24.4 Å². The van der Waals surface area contributed by atoms with Gasteiger partial charge in [-0.1, -0.05) is 23.2 Å². The van der Waals surface area contributed by atoms with Gasteiger partial charge in [-0.3, -0.25) is 0 Å². The predicted molar refractivity (Wildman–Crippen MR) is 64.0 cm³/mol. The zero-order chi connectivity index (χ0) is 11.8. The minimum atomic E-state index is -3.60. The standard InChI is InChI=1S/C9H5Cl2NO2S2/c10-6-3-7(11)5-8(4-6)16(13,14)9-12-1-2-15-9/h1-5H. The first kappa shape index (κ1) is 11.9. The third kappa shape index (κ3) is 2.22. The first-order valence-electron chi connectivity index (χ1n) is 4.11. The summed E-state index contributed by atoms with van der Waals surface area (Å²) in [5, 5.41) is 2.16. The lowest BCUT2D eigenvalue weighted by molar-refractivity contribution is 0.595. The molecule has 1 aromatic heterocycles. The maximum absolute atomic E-state index is 12.0. The third-order valence-corrected chi connectivity index (χ3v) is 5.16. The second-order valence-corrected chi connectivity index (χ2v) is 6.80. The molecule has 0 N–H and O–H groups in total. The van der Waals surface area contributed by atoms with Gasteiger partial charge in [-0.2, -0.15) is 0 Å². The number of nitrogens with zero attached hydrogens (tertiary/aromatic N) is 1. The van der Waals surface area contributed by atoms with Crippen molar-refractivity contribution < 1.29 is 8.42 Å². The Bertz CT molecular complexity index is 588. The molecule has 16 heavy (non-hydrogen) atoms. The van der Waals surface area contributed by atoms with E-state index >= 15 is 0 Å². The highest BCUT2D eigenvalue weighted by Crippen LogP contribution is 2.27. The summed E-state index contributed by atoms with van der Waals surface area (Å²) in [4.78, 5) is 3.82. The highest BCUT2D eigenvalue weighted by Gasteiger charge is 2.21. The van der Waals surface area contributed by atoms with Crippen LogP contribution in [-0.4, -0.2) is 13.4 Å². The van der Waals surface area contributed by atoms with Crippen molar-refractivity contribution >= 4 is 44.4 Å². The minimum absolute atomic E-state index is 0.0332. The van der Waals surface area contributed by atoms with Crippen LogP contribution >= 0.6 is 34.5 Å². The summed E-state index contributed by atoms with van der Waals surface area (Å²) in [5.41, 5.74) is 0. The van der Waals surface area contributed by atoms with Crippen LogP contribution in [0.1, 0.15) is 0 Å². The van der Waals surface area contributed by atoms with Gasteiger partial charge in [0.05, 0.1) is 4.90 Å². The van der Waals surface area contributed by atoms with E-state index in [2.05, 4.69) is 4.98 Å². The number of thiazole rings is 1. The van der Waals surface area contributed by atoms with Gasteiger partial charge >= 0.3 is 0 Å². The summed E-state index contributed by atoms with van der Waals surface area (Å²) in [7, 11) is -3.60. The molecule has 84 valence electrons. The summed E-state index contributed by atoms with van der Waals surface area (Å²) >= 11 is 12.6. The van der Waals surface area contributed by atoms with E-state index in [0.717, 1.165) is 11.3 Å². The zero-order valence-corrected chi connectivity index (χ0v) is 10.9. The molecule has 0 radical (unpaired) electrons. The Morgan fingerprint density at radius 2 is 1.75 bits per heavy atom. The topological polar surface area (TPSA) is 47.0 Å². The fraction of sp³-hybridized carbons (Fsp3) is 0. The number of rotatable bonds is 2. The van der Waals surface area contributed by atoms with Gasteiger partial charge in [0.2, 0.25) is 14.2 Å². The summed E-state index contributed by atoms with van der Waals surface area (Å²) in [6.45, 7) is 0. The number of aromatic nitrogens is 1. The molecular formula is C9H5Cl2NO2S2. The molecule has 7 heteroatoms. The maximum Gasteiger partial charge on any atom is 0.233 e. The lowest BCUT2D eigenvalue weighted by Crippen LogP contribution is -2.01. The van der Waals surface area contributed by atoms with Crippen molar-refractivity contribution in [3.05, 3.63) is 39.8 Å². The van der Waals surface area contributed by atoms with Crippen molar-refractivity contribution in [1.82, 2.24) is 4.98 Å². The van der Waals surface area contributed by atoms with Crippen molar-refractivity contribution in [3.63, 3.8) is 0 Å². The zero-order valence-electron chi connectivity index (χ0n) is 7.72. The van der Waals surface area contributed by atoms with Crippen LogP contribution in [0.5, 0.6) is 0 Å². The molecule has 0 aliphatic rings. The molecule has 0 bridgehead atoms. The van der Waals surface area contributed by atoms with E-state index in [4.69, 9.17) is 23.2 Å². The normalized spacial score (nSPS) is 11.6. The summed E-state index contributed by atoms with van der Waals surface area (Å²) < 4.78 is 24.1. The summed E-state index contributed by atoms with van der Waals surface area (Å²) in [5.74, 6) is 0. The van der Waals surface area contributed by atoms with Crippen LogP contribution < -0.4 is 0 Å². The molecule has 1 aromatic carbocycles. The second kappa shape index (κ2) is 4.33. The molecule has 1 heterocycles. The molecule has 0 spiro atoms. The minimum Gasteiger partial charge on any atom is -0.233 e. The number of hydrogen-bond donors (Lipinski definition) is 0. The smallest absolute Gasteiger partial charge is 0.233 e. The molecular weight excluding hydrogens is 289 g/mol. The molecule has 0 fully saturated rings. The van der Waals surface area contributed by atoms with Crippen molar-refractivity contribution in [2.45, 2.75) is 9.24 Å². The fourth-order valence-corrected chi connectivity index (χ4v) is 4.07. The quantitative estimate of drug-likeness (QED) is 0.854. The predicted octanol–water partition coefficient (Wildman–Crippen LogP) is 3.28. The van der Waals surface area contributed by atoms with Crippen molar-refractivity contribution in [2.24, 2.45) is 0 Å². The van der Waals surface area contributed by atoms with Crippen LogP contribution in [-0.2, 0) is 9.84 Å². The van der Waals surface area contributed by atoms with Crippen LogP contribution in [0.3, 0.4) is 0 Å². The van der Waals surface area contributed by atoms with E-state index in [1.54, 1.807) is 5.38 Å². The fourth-order valence-electron chi connectivity index (χ4n) is 1.13. The molecule has 0 amide bonds. The largest absolute Gasteiger partial charge is 0.233 e. The van der Waals surface area contributed by atoms with Crippen LogP contribution in [0.25, 0.3) is 0 Å². The molecule has 3 nitrogen and oxygen atoms in total. The highest BCUT2D eigenvalue weighted by atomic mass is 35.5. The van der Waals surface area contributed by atoms with Crippen molar-refractivity contribution in [1.29, 1.82) is 0 Å². The van der Waals surface area contributed by atoms with Crippen LogP contribution in [0.15, 0.2) is 39.0 Å². The first-order chi connectivity index (χ1) is 7.50. The van der Waals surface area contributed by atoms with Gasteiger partial charge in [-0.15, -0.1) is 11.3 Å². The SMILES string of the molecule is O=S(=O)(c1cc(Cl)cc(Cl)c1)c1nccs1. The van der Waals surface area contributed by atoms with E-state index in [1.807, 2.05) is 0 Å². The Balaban J connectivity index is 2.61. The summed E-state index contributed by atoms with van der Waals surface area (Å²) in [6.07, 6.45) is 1.43. The Kier molecular flexibility index (Phi) is 3.21. The van der Waals surface area contributed by atoms with Gasteiger partial charge in [0.25, 0.3) is 0 Å². The number of benzene rings is 1. The van der Waals surface area contributed by atoms with E-state index in [-0.39, 0.29) is 19.3 Å². The van der Waals surface area contributed by atoms with Gasteiger partial charge in [0.15, 0.2) is 0 Å².